The summed E-state index contributed by atoms with van der Waals surface area (Å²) >= 11 is 1.15. The number of carbonyl (C=O) groups excluding carboxylic acids is 1. The minimum Gasteiger partial charge on any atom is -0.481 e. The zero-order valence-corrected chi connectivity index (χ0v) is 31.7. The fraction of sp³-hybridized carbons (Fsp3) is 0.324. The summed E-state index contributed by atoms with van der Waals surface area (Å²) < 4.78 is 39.6. The molecule has 18 nitrogen and oxygen atoms in total. The minimum atomic E-state index is -4.01. The standard InChI is InChI=1S/C34H36N10O8S2/c1-7-51-31(47)28-27(29(32(48)52-8-2)39-33(38-28)37-26-19(4)13-18(3)14-20(26)5)40-41-30-21(16-35)17-44(42-30)34-36-23-15-22(9-10-24(23)53-34)54(49,50)43(6)12-11-25(45)46/h9-10,13-15,17,31,47H,7-8,11-12H2,1-6H3,(H,45,46)(H,37,38,39). The number of carboxylic acid groups (broad SMARTS) is 1. The SMILES string of the molecule is CCOC(=O)c1nc(Nc2c(C)cc(C)cc2C)nc(C(O)OCC)c1N=Nc1nn(-c2nc3cc(S(=O)(=O)N(C)CCC(=O)O)ccc3s2)cc1C#N. The Balaban J connectivity index is 1.54. The van der Waals surface area contributed by atoms with Gasteiger partial charge in [-0.2, -0.15) is 5.26 Å². The highest BCUT2D eigenvalue weighted by atomic mass is 32.2. The Morgan fingerprint density at radius 3 is 2.46 bits per heavy atom. The van der Waals surface area contributed by atoms with E-state index < -0.39 is 28.3 Å². The maximum Gasteiger partial charge on any atom is 0.359 e. The van der Waals surface area contributed by atoms with Gasteiger partial charge in [-0.3, -0.25) is 4.79 Å². The average molecular weight is 777 g/mol. The van der Waals surface area contributed by atoms with Crippen LogP contribution in [0.1, 0.15) is 65.0 Å². The van der Waals surface area contributed by atoms with Gasteiger partial charge in [-0.15, -0.1) is 15.3 Å². The van der Waals surface area contributed by atoms with Crippen molar-refractivity contribution in [1.29, 1.82) is 5.26 Å². The number of benzene rings is 2. The Labute approximate surface area is 313 Å². The highest BCUT2D eigenvalue weighted by Gasteiger charge is 2.27. The van der Waals surface area contributed by atoms with Crippen molar-refractivity contribution >= 4 is 66.7 Å². The number of nitrogens with one attached hydrogen (secondary N) is 1. The quantitative estimate of drug-likeness (QED) is 0.0672. The summed E-state index contributed by atoms with van der Waals surface area (Å²) in [5.74, 6) is -2.23. The zero-order valence-electron chi connectivity index (χ0n) is 30.1. The lowest BCUT2D eigenvalue weighted by molar-refractivity contribution is -0.137. The zero-order chi connectivity index (χ0) is 39.3. The number of nitriles is 1. The van der Waals surface area contributed by atoms with E-state index in [2.05, 4.69) is 35.6 Å². The third-order valence-electron chi connectivity index (χ3n) is 7.80. The van der Waals surface area contributed by atoms with Gasteiger partial charge < -0.3 is 25.0 Å². The van der Waals surface area contributed by atoms with Gasteiger partial charge in [0.15, 0.2) is 5.69 Å². The van der Waals surface area contributed by atoms with Gasteiger partial charge in [0.1, 0.15) is 23.0 Å². The maximum absolute atomic E-state index is 13.3. The lowest BCUT2D eigenvalue weighted by Crippen LogP contribution is -2.29. The first-order valence-electron chi connectivity index (χ1n) is 16.4. The van der Waals surface area contributed by atoms with Crippen molar-refractivity contribution in [2.24, 2.45) is 10.2 Å². The van der Waals surface area contributed by atoms with Crippen LogP contribution in [0.5, 0.6) is 0 Å². The van der Waals surface area contributed by atoms with E-state index in [1.54, 1.807) is 19.9 Å². The summed E-state index contributed by atoms with van der Waals surface area (Å²) in [4.78, 5) is 37.5. The van der Waals surface area contributed by atoms with Gasteiger partial charge in [-0.25, -0.2) is 37.2 Å². The number of carbonyl (C=O) groups is 2. The summed E-state index contributed by atoms with van der Waals surface area (Å²) in [7, 11) is -2.71. The lowest BCUT2D eigenvalue weighted by Gasteiger charge is -2.17. The second-order valence-electron chi connectivity index (χ2n) is 11.8. The molecule has 0 spiro atoms. The number of fused-ring (bicyclic) bond motifs is 1. The minimum absolute atomic E-state index is 0.00169. The summed E-state index contributed by atoms with van der Waals surface area (Å²) in [5, 5.41) is 46.0. The molecule has 5 rings (SSSR count). The number of thiazole rings is 1. The van der Waals surface area contributed by atoms with Gasteiger partial charge in [-0.05, 0) is 63.9 Å². The Morgan fingerprint density at radius 2 is 1.81 bits per heavy atom. The molecule has 0 bridgehead atoms. The maximum atomic E-state index is 13.3. The Kier molecular flexibility index (Phi) is 12.1. The molecule has 5 aromatic rings. The number of esters is 1. The van der Waals surface area contributed by atoms with Crippen LogP contribution in [0, 0.1) is 32.1 Å². The summed E-state index contributed by atoms with van der Waals surface area (Å²) in [6.07, 6.45) is -0.677. The summed E-state index contributed by atoms with van der Waals surface area (Å²) in [6, 6.07) is 10.2. The first-order valence-corrected chi connectivity index (χ1v) is 18.7. The van der Waals surface area contributed by atoms with Gasteiger partial charge in [0.05, 0.1) is 34.3 Å². The lowest BCUT2D eigenvalue weighted by atomic mass is 10.1. The van der Waals surface area contributed by atoms with Crippen molar-refractivity contribution in [2.75, 3.05) is 32.1 Å². The van der Waals surface area contributed by atoms with Crippen molar-refractivity contribution in [3.05, 3.63) is 70.2 Å². The smallest absolute Gasteiger partial charge is 0.359 e. The first-order chi connectivity index (χ1) is 25.7. The molecule has 282 valence electrons. The van der Waals surface area contributed by atoms with Crippen molar-refractivity contribution in [2.45, 2.75) is 52.2 Å². The van der Waals surface area contributed by atoms with Crippen LogP contribution in [0.25, 0.3) is 15.3 Å². The highest BCUT2D eigenvalue weighted by Crippen LogP contribution is 2.34. The van der Waals surface area contributed by atoms with Gasteiger partial charge in [0.25, 0.3) is 0 Å². The molecule has 0 amide bonds. The molecule has 0 saturated heterocycles. The summed E-state index contributed by atoms with van der Waals surface area (Å²) in [6.45, 7) is 8.91. The molecular weight excluding hydrogens is 741 g/mol. The van der Waals surface area contributed by atoms with Gasteiger partial charge in [0.2, 0.25) is 33.2 Å². The van der Waals surface area contributed by atoms with Crippen LogP contribution in [-0.2, 0) is 24.3 Å². The fourth-order valence-corrected chi connectivity index (χ4v) is 7.35. The molecule has 0 radical (unpaired) electrons. The summed E-state index contributed by atoms with van der Waals surface area (Å²) in [5.41, 5.74) is 3.00. The molecule has 20 heteroatoms. The van der Waals surface area contributed by atoms with Gasteiger partial charge in [-0.1, -0.05) is 29.0 Å². The van der Waals surface area contributed by atoms with Crippen LogP contribution < -0.4 is 5.32 Å². The van der Waals surface area contributed by atoms with E-state index in [0.29, 0.717) is 15.9 Å². The Hall–Kier alpha value is -5.72. The number of hydrogen-bond donors (Lipinski definition) is 3. The van der Waals surface area contributed by atoms with Crippen LogP contribution in [-0.4, -0.2) is 86.4 Å². The van der Waals surface area contributed by atoms with Crippen molar-refractivity contribution < 1.29 is 37.7 Å². The number of sulfonamides is 1. The molecule has 0 saturated carbocycles. The monoisotopic (exact) mass is 776 g/mol. The van der Waals surface area contributed by atoms with Gasteiger partial charge in [0, 0.05) is 25.9 Å². The molecule has 54 heavy (non-hydrogen) atoms. The molecule has 3 heterocycles. The molecule has 1 atom stereocenters. The van der Waals surface area contributed by atoms with E-state index >= 15 is 0 Å². The number of hydrogen-bond acceptors (Lipinski definition) is 16. The van der Waals surface area contributed by atoms with Crippen LogP contribution in [0.2, 0.25) is 0 Å². The molecule has 3 aromatic heterocycles. The number of carboxylic acids is 1. The van der Waals surface area contributed by atoms with Crippen molar-refractivity contribution in [3.8, 4) is 11.2 Å². The van der Waals surface area contributed by atoms with E-state index in [1.807, 2.05) is 39.0 Å². The number of aliphatic carboxylic acids is 1. The second-order valence-corrected chi connectivity index (χ2v) is 14.8. The van der Waals surface area contributed by atoms with Crippen molar-refractivity contribution in [1.82, 2.24) is 29.0 Å². The van der Waals surface area contributed by atoms with E-state index in [9.17, 15) is 28.4 Å². The van der Waals surface area contributed by atoms with E-state index in [-0.39, 0.29) is 70.6 Å². The van der Waals surface area contributed by atoms with Crippen LogP contribution in [0.3, 0.4) is 0 Å². The number of aliphatic hydroxyl groups is 1. The second kappa shape index (κ2) is 16.5. The highest BCUT2D eigenvalue weighted by molar-refractivity contribution is 7.89. The van der Waals surface area contributed by atoms with Crippen LogP contribution >= 0.6 is 11.3 Å². The number of azo groups is 1. The normalized spacial score (nSPS) is 12.4. The fourth-order valence-electron chi connectivity index (χ4n) is 5.29. The number of aromatic nitrogens is 5. The van der Waals surface area contributed by atoms with E-state index in [0.717, 1.165) is 32.3 Å². The largest absolute Gasteiger partial charge is 0.481 e. The molecule has 0 aliphatic heterocycles. The van der Waals surface area contributed by atoms with Crippen molar-refractivity contribution in [3.63, 3.8) is 0 Å². The molecule has 0 fully saturated rings. The number of aliphatic hydroxyl groups excluding tert-OH is 1. The molecule has 0 aliphatic rings. The van der Waals surface area contributed by atoms with Crippen LogP contribution in [0.4, 0.5) is 23.1 Å². The first kappa shape index (κ1) is 39.5. The topological polar surface area (TPSA) is 247 Å². The number of anilines is 2. The molecule has 1 unspecified atom stereocenters. The molecule has 3 N–H and O–H groups in total. The van der Waals surface area contributed by atoms with Crippen LogP contribution in [0.15, 0.2) is 51.7 Å². The Bertz CT molecular complexity index is 2400. The molecular formula is C34H36N10O8S2. The third-order valence-corrected chi connectivity index (χ3v) is 10.7. The molecule has 0 aliphatic carbocycles. The Morgan fingerprint density at radius 1 is 1.09 bits per heavy atom. The van der Waals surface area contributed by atoms with E-state index in [4.69, 9.17) is 14.6 Å². The number of nitrogens with zero attached hydrogens (tertiary/aromatic N) is 9. The van der Waals surface area contributed by atoms with Gasteiger partial charge >= 0.3 is 11.9 Å². The predicted octanol–water partition coefficient (Wildman–Crippen LogP) is 5.53. The molecule has 2 aromatic carbocycles. The predicted molar refractivity (Wildman–Crippen MR) is 196 cm³/mol. The van der Waals surface area contributed by atoms with E-state index in [1.165, 1.54) is 30.1 Å². The average Bonchev–Trinajstić information content (AvgIpc) is 3.75. The number of aryl methyl sites for hydroxylation is 3. The number of ether oxygens (including phenoxy) is 2. The number of rotatable bonds is 15. The third kappa shape index (κ3) is 8.56.